The molecule has 0 aromatic heterocycles. The van der Waals surface area contributed by atoms with E-state index in [1.165, 1.54) is 0 Å². The van der Waals surface area contributed by atoms with Crippen LogP contribution in [0.5, 0.6) is 0 Å². The van der Waals surface area contributed by atoms with E-state index in [0.717, 1.165) is 16.8 Å². The average molecular weight is 372 g/mol. The lowest BCUT2D eigenvalue weighted by molar-refractivity contribution is -0.115. The highest BCUT2D eigenvalue weighted by Gasteiger charge is 2.16. The number of aryl methyl sites for hydroxylation is 1. The van der Waals surface area contributed by atoms with Crippen LogP contribution in [0.2, 0.25) is 0 Å². The number of rotatable bonds is 6. The molecule has 3 rings (SSSR count). The Morgan fingerprint density at radius 2 is 1.50 bits per heavy atom. The van der Waals surface area contributed by atoms with Gasteiger partial charge in [0.2, 0.25) is 5.91 Å². The van der Waals surface area contributed by atoms with Crippen molar-refractivity contribution in [3.63, 3.8) is 0 Å². The maximum atomic E-state index is 12.8. The van der Waals surface area contributed by atoms with E-state index < -0.39 is 0 Å². The van der Waals surface area contributed by atoms with Crippen molar-refractivity contribution >= 4 is 23.2 Å². The van der Waals surface area contributed by atoms with Gasteiger partial charge in [0.05, 0.1) is 6.42 Å². The molecule has 0 heterocycles. The number of para-hydroxylation sites is 1. The molecule has 0 fully saturated rings. The molecule has 0 aliphatic heterocycles. The van der Waals surface area contributed by atoms with Crippen LogP contribution in [0.25, 0.3) is 0 Å². The summed E-state index contributed by atoms with van der Waals surface area (Å²) in [6, 6.07) is 24.5. The van der Waals surface area contributed by atoms with Gasteiger partial charge in [0.25, 0.3) is 5.91 Å². The quantitative estimate of drug-likeness (QED) is 0.673. The summed E-state index contributed by atoms with van der Waals surface area (Å²) < 4.78 is 0. The normalized spacial score (nSPS) is 10.4. The fraction of sp³-hybridized carbons (Fsp3) is 0.167. The SMILES string of the molecule is CCN(C(=O)c1ccc(NC(=O)Cc2ccccc2C)cc1)c1ccccc1. The third-order valence-electron chi connectivity index (χ3n) is 4.66. The van der Waals surface area contributed by atoms with Crippen LogP contribution >= 0.6 is 0 Å². The molecule has 1 N–H and O–H groups in total. The molecule has 28 heavy (non-hydrogen) atoms. The Morgan fingerprint density at radius 3 is 2.14 bits per heavy atom. The number of nitrogens with zero attached hydrogens (tertiary/aromatic N) is 1. The fourth-order valence-electron chi connectivity index (χ4n) is 3.09. The van der Waals surface area contributed by atoms with E-state index >= 15 is 0 Å². The van der Waals surface area contributed by atoms with Gasteiger partial charge in [-0.1, -0.05) is 42.5 Å². The van der Waals surface area contributed by atoms with Crippen molar-refractivity contribution in [3.05, 3.63) is 95.6 Å². The molecule has 0 saturated carbocycles. The highest BCUT2D eigenvalue weighted by atomic mass is 16.2. The first-order chi connectivity index (χ1) is 13.6. The number of benzene rings is 3. The monoisotopic (exact) mass is 372 g/mol. The summed E-state index contributed by atoms with van der Waals surface area (Å²) in [6.45, 7) is 4.53. The van der Waals surface area contributed by atoms with Gasteiger partial charge >= 0.3 is 0 Å². The molecule has 0 aliphatic rings. The van der Waals surface area contributed by atoms with Crippen LogP contribution in [0.1, 0.15) is 28.4 Å². The first kappa shape index (κ1) is 19.4. The lowest BCUT2D eigenvalue weighted by Gasteiger charge is -2.21. The molecular formula is C24H24N2O2. The number of hydrogen-bond acceptors (Lipinski definition) is 2. The second-order valence-corrected chi connectivity index (χ2v) is 6.61. The van der Waals surface area contributed by atoms with E-state index in [9.17, 15) is 9.59 Å². The molecule has 3 aromatic carbocycles. The summed E-state index contributed by atoms with van der Waals surface area (Å²) in [7, 11) is 0. The van der Waals surface area contributed by atoms with Crippen molar-refractivity contribution in [2.24, 2.45) is 0 Å². The number of carbonyl (C=O) groups is 2. The Morgan fingerprint density at radius 1 is 0.857 bits per heavy atom. The molecule has 0 saturated heterocycles. The van der Waals surface area contributed by atoms with Crippen molar-refractivity contribution < 1.29 is 9.59 Å². The van der Waals surface area contributed by atoms with Gasteiger partial charge in [-0.25, -0.2) is 0 Å². The van der Waals surface area contributed by atoms with Gasteiger partial charge < -0.3 is 10.2 Å². The van der Waals surface area contributed by atoms with Gasteiger partial charge in [-0.05, 0) is 61.4 Å². The predicted octanol–water partition coefficient (Wildman–Crippen LogP) is 4.84. The van der Waals surface area contributed by atoms with Crippen molar-refractivity contribution in [1.82, 2.24) is 0 Å². The van der Waals surface area contributed by atoms with E-state index in [1.807, 2.05) is 68.4 Å². The van der Waals surface area contributed by atoms with Gasteiger partial charge in [-0.15, -0.1) is 0 Å². The molecule has 0 aliphatic carbocycles. The third kappa shape index (κ3) is 4.65. The maximum Gasteiger partial charge on any atom is 0.258 e. The predicted molar refractivity (Wildman–Crippen MR) is 114 cm³/mol. The summed E-state index contributed by atoms with van der Waals surface area (Å²) in [5, 5.41) is 2.89. The van der Waals surface area contributed by atoms with Crippen molar-refractivity contribution in [2.45, 2.75) is 20.3 Å². The van der Waals surface area contributed by atoms with Crippen molar-refractivity contribution in [3.8, 4) is 0 Å². The zero-order valence-electron chi connectivity index (χ0n) is 16.2. The van der Waals surface area contributed by atoms with Crippen molar-refractivity contribution in [2.75, 3.05) is 16.8 Å². The largest absolute Gasteiger partial charge is 0.326 e. The number of anilines is 2. The topological polar surface area (TPSA) is 49.4 Å². The van der Waals surface area contributed by atoms with Crippen LogP contribution in [0.4, 0.5) is 11.4 Å². The first-order valence-corrected chi connectivity index (χ1v) is 9.40. The van der Waals surface area contributed by atoms with Crippen LogP contribution in [0, 0.1) is 6.92 Å². The Hall–Kier alpha value is -3.40. The summed E-state index contributed by atoms with van der Waals surface area (Å²) in [5.41, 5.74) is 4.23. The van der Waals surface area contributed by atoms with Gasteiger partial charge in [0.15, 0.2) is 0 Å². The minimum absolute atomic E-state index is 0.0634. The Balaban J connectivity index is 1.66. The second kappa shape index (κ2) is 9.00. The molecule has 142 valence electrons. The lowest BCUT2D eigenvalue weighted by Crippen LogP contribution is -2.30. The molecule has 0 atom stereocenters. The number of hydrogen-bond donors (Lipinski definition) is 1. The molecule has 0 spiro atoms. The van der Waals surface area contributed by atoms with E-state index in [2.05, 4.69) is 5.32 Å². The van der Waals surface area contributed by atoms with Crippen molar-refractivity contribution in [1.29, 1.82) is 0 Å². The minimum Gasteiger partial charge on any atom is -0.326 e. The van der Waals surface area contributed by atoms with Crippen LogP contribution in [0.3, 0.4) is 0 Å². The molecule has 0 bridgehead atoms. The van der Waals surface area contributed by atoms with Gasteiger partial charge in [0.1, 0.15) is 0 Å². The standard InChI is InChI=1S/C24H24N2O2/c1-3-26(22-11-5-4-6-12-22)24(28)19-13-15-21(16-14-19)25-23(27)17-20-10-8-7-9-18(20)2/h4-16H,3,17H2,1-2H3,(H,25,27). The Labute approximate surface area is 165 Å². The second-order valence-electron chi connectivity index (χ2n) is 6.61. The minimum atomic E-state index is -0.0761. The lowest BCUT2D eigenvalue weighted by atomic mass is 10.1. The van der Waals surface area contributed by atoms with Gasteiger partial charge in [0, 0.05) is 23.5 Å². The zero-order chi connectivity index (χ0) is 19.9. The number of nitrogens with one attached hydrogen (secondary N) is 1. The Bertz CT molecular complexity index is 950. The Kier molecular flexibility index (Phi) is 6.22. The number of amides is 2. The number of carbonyl (C=O) groups excluding carboxylic acids is 2. The highest BCUT2D eigenvalue weighted by Crippen LogP contribution is 2.18. The molecule has 2 amide bonds. The van der Waals surface area contributed by atoms with E-state index in [-0.39, 0.29) is 11.8 Å². The summed E-state index contributed by atoms with van der Waals surface area (Å²) in [6.07, 6.45) is 0.324. The maximum absolute atomic E-state index is 12.8. The van der Waals surface area contributed by atoms with Crippen LogP contribution < -0.4 is 10.2 Å². The fourth-order valence-corrected chi connectivity index (χ4v) is 3.09. The van der Waals surface area contributed by atoms with Gasteiger partial charge in [-0.3, -0.25) is 9.59 Å². The van der Waals surface area contributed by atoms with Crippen LogP contribution in [0.15, 0.2) is 78.9 Å². The molecule has 0 unspecified atom stereocenters. The molecule has 0 radical (unpaired) electrons. The molecular weight excluding hydrogens is 348 g/mol. The molecule has 3 aromatic rings. The zero-order valence-corrected chi connectivity index (χ0v) is 16.2. The molecule has 4 heteroatoms. The van der Waals surface area contributed by atoms with E-state index in [1.54, 1.807) is 29.2 Å². The van der Waals surface area contributed by atoms with Crippen LogP contribution in [-0.4, -0.2) is 18.4 Å². The smallest absolute Gasteiger partial charge is 0.258 e. The summed E-state index contributed by atoms with van der Waals surface area (Å²) in [4.78, 5) is 26.9. The van der Waals surface area contributed by atoms with E-state index in [4.69, 9.17) is 0 Å². The summed E-state index contributed by atoms with van der Waals surface area (Å²) >= 11 is 0. The molecule has 4 nitrogen and oxygen atoms in total. The van der Waals surface area contributed by atoms with E-state index in [0.29, 0.717) is 24.2 Å². The average Bonchev–Trinajstić information content (AvgIpc) is 2.71. The van der Waals surface area contributed by atoms with Gasteiger partial charge in [-0.2, -0.15) is 0 Å². The van der Waals surface area contributed by atoms with Crippen LogP contribution in [-0.2, 0) is 11.2 Å². The highest BCUT2D eigenvalue weighted by molar-refractivity contribution is 6.06. The third-order valence-corrected chi connectivity index (χ3v) is 4.66. The first-order valence-electron chi connectivity index (χ1n) is 9.40. The summed E-state index contributed by atoms with van der Waals surface area (Å²) in [5.74, 6) is -0.140.